The van der Waals surface area contributed by atoms with E-state index < -0.39 is 0 Å². The number of anilines is 1. The SMILES string of the molecule is CCCCCCCCN1C(=O)C(=C2C(=O)N(C)c3ccccc32)SC1=S. The first-order chi connectivity index (χ1) is 12.6. The number of amides is 2. The van der Waals surface area contributed by atoms with Crippen LogP contribution >= 0.6 is 24.0 Å². The smallest absolute Gasteiger partial charge is 0.267 e. The fourth-order valence-corrected chi connectivity index (χ4v) is 4.76. The number of hydrogen-bond donors (Lipinski definition) is 0. The van der Waals surface area contributed by atoms with Gasteiger partial charge >= 0.3 is 0 Å². The number of thioether (sulfide) groups is 1. The molecule has 4 nitrogen and oxygen atoms in total. The molecule has 0 bridgehead atoms. The summed E-state index contributed by atoms with van der Waals surface area (Å²) < 4.78 is 0.561. The monoisotopic (exact) mass is 388 g/mol. The Kier molecular flexibility index (Phi) is 6.14. The minimum atomic E-state index is -0.133. The average Bonchev–Trinajstić information content (AvgIpc) is 3.05. The van der Waals surface area contributed by atoms with E-state index in [2.05, 4.69) is 6.92 Å². The molecule has 1 fully saturated rings. The molecule has 2 amide bonds. The van der Waals surface area contributed by atoms with Crippen molar-refractivity contribution in [3.05, 3.63) is 34.7 Å². The molecule has 2 aliphatic heterocycles. The standard InChI is InChI=1S/C20H24N2O2S2/c1-3-4-5-6-7-10-13-22-19(24)17(26-20(22)25)16-14-11-8-9-12-15(14)21(2)18(16)23/h8-9,11-12H,3-7,10,13H2,1-2H3. The van der Waals surface area contributed by atoms with Gasteiger partial charge in [-0.2, -0.15) is 0 Å². The molecule has 0 unspecified atom stereocenters. The lowest BCUT2D eigenvalue weighted by atomic mass is 10.1. The van der Waals surface area contributed by atoms with Crippen molar-refractivity contribution in [1.29, 1.82) is 0 Å². The van der Waals surface area contributed by atoms with Gasteiger partial charge in [0, 0.05) is 19.2 Å². The van der Waals surface area contributed by atoms with Gasteiger partial charge in [0.05, 0.1) is 16.2 Å². The maximum absolute atomic E-state index is 12.9. The Morgan fingerprint density at radius 2 is 1.69 bits per heavy atom. The predicted octanol–water partition coefficient (Wildman–Crippen LogP) is 4.59. The molecule has 3 rings (SSSR count). The number of thiocarbonyl (C=S) groups is 1. The van der Waals surface area contributed by atoms with Crippen LogP contribution in [-0.4, -0.2) is 34.6 Å². The number of benzene rings is 1. The molecule has 0 spiro atoms. The lowest BCUT2D eigenvalue weighted by Gasteiger charge is -2.14. The van der Waals surface area contributed by atoms with Crippen LogP contribution < -0.4 is 4.90 Å². The summed E-state index contributed by atoms with van der Waals surface area (Å²) in [7, 11) is 1.74. The highest BCUT2D eigenvalue weighted by molar-refractivity contribution is 8.26. The molecule has 0 aromatic heterocycles. The highest BCUT2D eigenvalue weighted by Gasteiger charge is 2.40. The summed E-state index contributed by atoms with van der Waals surface area (Å²) in [6.45, 7) is 2.84. The second-order valence-electron chi connectivity index (χ2n) is 6.68. The number of nitrogens with zero attached hydrogens (tertiary/aromatic N) is 2. The van der Waals surface area contributed by atoms with Crippen LogP contribution in [0.25, 0.3) is 5.57 Å². The zero-order valence-corrected chi connectivity index (χ0v) is 16.9. The number of rotatable bonds is 7. The van der Waals surface area contributed by atoms with Crippen molar-refractivity contribution in [2.75, 3.05) is 18.5 Å². The number of fused-ring (bicyclic) bond motifs is 1. The Morgan fingerprint density at radius 1 is 1.00 bits per heavy atom. The normalized spacial score (nSPS) is 19.7. The van der Waals surface area contributed by atoms with Crippen molar-refractivity contribution in [1.82, 2.24) is 4.90 Å². The zero-order valence-electron chi connectivity index (χ0n) is 15.3. The summed E-state index contributed by atoms with van der Waals surface area (Å²) >= 11 is 6.69. The molecule has 26 heavy (non-hydrogen) atoms. The first-order valence-corrected chi connectivity index (χ1v) is 10.4. The third kappa shape index (κ3) is 3.58. The van der Waals surface area contributed by atoms with Crippen LogP contribution in [0.3, 0.4) is 0 Å². The molecule has 2 heterocycles. The topological polar surface area (TPSA) is 40.6 Å². The molecule has 1 aromatic rings. The molecular formula is C20H24N2O2S2. The van der Waals surface area contributed by atoms with E-state index in [0.717, 1.165) is 24.1 Å². The molecule has 0 atom stereocenters. The highest BCUT2D eigenvalue weighted by atomic mass is 32.2. The van der Waals surface area contributed by atoms with Crippen LogP contribution in [0.1, 0.15) is 51.0 Å². The molecule has 6 heteroatoms. The van der Waals surface area contributed by atoms with E-state index in [1.807, 2.05) is 24.3 Å². The second-order valence-corrected chi connectivity index (χ2v) is 8.32. The molecule has 0 saturated carbocycles. The Bertz CT molecular complexity index is 773. The fourth-order valence-electron chi connectivity index (χ4n) is 3.38. The highest BCUT2D eigenvalue weighted by Crippen LogP contribution is 2.43. The average molecular weight is 389 g/mol. The van der Waals surface area contributed by atoms with E-state index in [9.17, 15) is 9.59 Å². The van der Waals surface area contributed by atoms with E-state index >= 15 is 0 Å². The maximum atomic E-state index is 12.9. The van der Waals surface area contributed by atoms with Crippen molar-refractivity contribution in [3.63, 3.8) is 0 Å². The van der Waals surface area contributed by atoms with E-state index in [1.165, 1.54) is 37.4 Å². The van der Waals surface area contributed by atoms with Gasteiger partial charge in [-0.25, -0.2) is 0 Å². The van der Waals surface area contributed by atoms with Gasteiger partial charge in [-0.1, -0.05) is 81.2 Å². The molecule has 0 aliphatic carbocycles. The Morgan fingerprint density at radius 3 is 2.46 bits per heavy atom. The quantitative estimate of drug-likeness (QED) is 0.389. The molecule has 1 aromatic carbocycles. The van der Waals surface area contributed by atoms with Crippen molar-refractivity contribution in [2.24, 2.45) is 0 Å². The number of unbranched alkanes of at least 4 members (excludes halogenated alkanes) is 5. The van der Waals surface area contributed by atoms with Gasteiger partial charge < -0.3 is 4.90 Å². The van der Waals surface area contributed by atoms with Gasteiger partial charge in [-0.05, 0) is 12.5 Å². The van der Waals surface area contributed by atoms with Gasteiger partial charge in [0.25, 0.3) is 11.8 Å². The minimum absolute atomic E-state index is 0.123. The number of likely N-dealkylation sites (N-methyl/N-ethyl adjacent to an activating group) is 1. The van der Waals surface area contributed by atoms with Crippen molar-refractivity contribution >= 4 is 51.4 Å². The summed E-state index contributed by atoms with van der Waals surface area (Å²) in [5.74, 6) is -0.256. The van der Waals surface area contributed by atoms with E-state index in [-0.39, 0.29) is 11.8 Å². The lowest BCUT2D eigenvalue weighted by molar-refractivity contribution is -0.122. The summed E-state index contributed by atoms with van der Waals surface area (Å²) in [6.07, 6.45) is 6.99. The third-order valence-corrected chi connectivity index (χ3v) is 6.31. The molecule has 138 valence electrons. The van der Waals surface area contributed by atoms with Crippen LogP contribution in [0.15, 0.2) is 29.2 Å². The van der Waals surface area contributed by atoms with Crippen molar-refractivity contribution in [3.8, 4) is 0 Å². The van der Waals surface area contributed by atoms with Crippen LogP contribution in [0.2, 0.25) is 0 Å². The first-order valence-electron chi connectivity index (χ1n) is 9.21. The predicted molar refractivity (Wildman–Crippen MR) is 112 cm³/mol. The Hall–Kier alpha value is -1.66. The summed E-state index contributed by atoms with van der Waals surface area (Å²) in [5.41, 5.74) is 2.15. The van der Waals surface area contributed by atoms with Crippen LogP contribution in [0.4, 0.5) is 5.69 Å². The summed E-state index contributed by atoms with van der Waals surface area (Å²) in [5, 5.41) is 0. The Balaban J connectivity index is 1.75. The fraction of sp³-hybridized carbons (Fsp3) is 0.450. The lowest BCUT2D eigenvalue weighted by Crippen LogP contribution is -2.29. The largest absolute Gasteiger partial charge is 0.311 e. The number of para-hydroxylation sites is 1. The molecule has 0 radical (unpaired) electrons. The maximum Gasteiger partial charge on any atom is 0.267 e. The summed E-state index contributed by atoms with van der Waals surface area (Å²) in [6, 6.07) is 7.58. The van der Waals surface area contributed by atoms with Crippen LogP contribution in [-0.2, 0) is 9.59 Å². The molecule has 1 saturated heterocycles. The molecular weight excluding hydrogens is 364 g/mol. The minimum Gasteiger partial charge on any atom is -0.311 e. The summed E-state index contributed by atoms with van der Waals surface area (Å²) in [4.78, 5) is 29.4. The zero-order chi connectivity index (χ0) is 18.7. The Labute approximate surface area is 164 Å². The number of hydrogen-bond acceptors (Lipinski definition) is 4. The van der Waals surface area contributed by atoms with Gasteiger partial charge in [0.15, 0.2) is 0 Å². The van der Waals surface area contributed by atoms with Crippen molar-refractivity contribution < 1.29 is 9.59 Å². The van der Waals surface area contributed by atoms with E-state index in [4.69, 9.17) is 12.2 Å². The van der Waals surface area contributed by atoms with E-state index in [1.54, 1.807) is 16.8 Å². The van der Waals surface area contributed by atoms with Gasteiger partial charge in [-0.3, -0.25) is 14.5 Å². The van der Waals surface area contributed by atoms with Crippen LogP contribution in [0, 0.1) is 0 Å². The van der Waals surface area contributed by atoms with E-state index in [0.29, 0.717) is 21.3 Å². The first kappa shape index (κ1) is 19.1. The van der Waals surface area contributed by atoms with Gasteiger partial charge in [-0.15, -0.1) is 0 Å². The van der Waals surface area contributed by atoms with Crippen molar-refractivity contribution in [2.45, 2.75) is 45.4 Å². The number of carbonyl (C=O) groups is 2. The van der Waals surface area contributed by atoms with Gasteiger partial charge in [0.1, 0.15) is 4.32 Å². The van der Waals surface area contributed by atoms with Gasteiger partial charge in [0.2, 0.25) is 0 Å². The third-order valence-electron chi connectivity index (χ3n) is 4.86. The van der Waals surface area contributed by atoms with Crippen LogP contribution in [0.5, 0.6) is 0 Å². The second kappa shape index (κ2) is 8.35. The number of carbonyl (C=O) groups excluding carboxylic acids is 2. The molecule has 0 N–H and O–H groups in total. The molecule has 2 aliphatic rings.